The van der Waals surface area contributed by atoms with Crippen molar-refractivity contribution in [3.8, 4) is 0 Å². The largest absolute Gasteiger partial charge is 1.00 e. The maximum absolute atomic E-state index is 2.44. The zero-order valence-corrected chi connectivity index (χ0v) is 12.8. The summed E-state index contributed by atoms with van der Waals surface area (Å²) in [6.07, 6.45) is 0. The molecule has 0 aliphatic rings. The van der Waals surface area contributed by atoms with Crippen LogP contribution in [0.15, 0.2) is 0 Å². The first-order valence-corrected chi connectivity index (χ1v) is 7.94. The Bertz CT molecular complexity index is 134. The van der Waals surface area contributed by atoms with E-state index in [2.05, 4.69) is 48.5 Å². The van der Waals surface area contributed by atoms with Crippen LogP contribution >= 0.6 is 0 Å². The molecule has 0 aromatic heterocycles. The Morgan fingerprint density at radius 1 is 1.00 bits per heavy atom. The van der Waals surface area contributed by atoms with E-state index in [1.165, 1.54) is 10.6 Å². The van der Waals surface area contributed by atoms with Gasteiger partial charge in [0.05, 0.1) is 0 Å². The molecular formula is C12H30AlLi. The molecule has 0 aromatic rings. The van der Waals surface area contributed by atoms with Gasteiger partial charge in [-0.2, -0.15) is 0 Å². The number of hydrogen-bond acceptors (Lipinski definition) is 0. The van der Waals surface area contributed by atoms with E-state index in [9.17, 15) is 0 Å². The molecule has 14 heavy (non-hydrogen) atoms. The zero-order valence-electron chi connectivity index (χ0n) is 12.6. The van der Waals surface area contributed by atoms with Crippen LogP contribution in [0.3, 0.4) is 0 Å². The Morgan fingerprint density at radius 3 is 1.43 bits per heavy atom. The summed E-state index contributed by atoms with van der Waals surface area (Å²) in [6.45, 7) is 16.8. The first-order chi connectivity index (χ1) is 5.73. The molecule has 0 unspecified atom stereocenters. The van der Waals surface area contributed by atoms with Crippen molar-refractivity contribution in [2.75, 3.05) is 0 Å². The van der Waals surface area contributed by atoms with Gasteiger partial charge in [0, 0.05) is 1.43 Å². The van der Waals surface area contributed by atoms with Crippen LogP contribution in [0.5, 0.6) is 0 Å². The smallest absolute Gasteiger partial charge is 1.00 e. The molecular weight excluding hydrogens is 178 g/mol. The molecule has 0 aromatic carbocycles. The second-order valence-electron chi connectivity index (χ2n) is 6.32. The van der Waals surface area contributed by atoms with Crippen molar-refractivity contribution < 1.29 is 21.7 Å². The van der Waals surface area contributed by atoms with Crippen LogP contribution in [-0.2, 0) is 0 Å². The fourth-order valence-corrected chi connectivity index (χ4v) is 5.82. The van der Waals surface area contributed by atoms with Gasteiger partial charge in [0.1, 0.15) is 0 Å². The monoisotopic (exact) mass is 208 g/mol. The predicted molar refractivity (Wildman–Crippen MR) is 68.0 cm³/mol. The van der Waals surface area contributed by atoms with Gasteiger partial charge in [-0.3, -0.25) is 0 Å². The SMILES string of the molecule is CC(C)[CH2][Al]([CH2]C(C)C)[C](C)(C)C.[H-].[HH].[Li+]. The van der Waals surface area contributed by atoms with Crippen LogP contribution < -0.4 is 18.9 Å². The van der Waals surface area contributed by atoms with E-state index in [0.29, 0.717) is 4.28 Å². The van der Waals surface area contributed by atoms with Crippen molar-refractivity contribution in [1.82, 2.24) is 0 Å². The van der Waals surface area contributed by atoms with Gasteiger partial charge in [-0.25, -0.2) is 0 Å². The summed E-state index contributed by atoms with van der Waals surface area (Å²) < 4.78 is 0.620. The van der Waals surface area contributed by atoms with Crippen molar-refractivity contribution in [3.63, 3.8) is 0 Å². The standard InChI is InChI=1S/3C4H9.Al.Li.H2.H/c3*1-4(2)3;;;;/h1-3H3;2*4H,1H2,2-3H3;;;1H;/q;;;;+1;;-1. The van der Waals surface area contributed by atoms with Crippen LogP contribution in [-0.4, -0.2) is 14.1 Å². The van der Waals surface area contributed by atoms with E-state index in [-0.39, 0.29) is 21.7 Å². The van der Waals surface area contributed by atoms with Crippen LogP contribution in [0.2, 0.25) is 14.8 Å². The van der Waals surface area contributed by atoms with E-state index in [1.54, 1.807) is 0 Å². The maximum atomic E-state index is 2.44. The predicted octanol–water partition coefficient (Wildman–Crippen LogP) is 1.96. The summed E-state index contributed by atoms with van der Waals surface area (Å²) in [5, 5.41) is 3.03. The second-order valence-corrected chi connectivity index (χ2v) is 10.4. The summed E-state index contributed by atoms with van der Waals surface area (Å²) in [4.78, 5) is 0. The zero-order chi connectivity index (χ0) is 10.6. The molecule has 0 atom stereocenters. The molecule has 0 fully saturated rings. The minimum absolute atomic E-state index is 0. The molecule has 0 heterocycles. The molecule has 0 rings (SSSR count). The molecule has 0 bridgehead atoms. The van der Waals surface area contributed by atoms with Crippen molar-refractivity contribution in [1.29, 1.82) is 0 Å². The first-order valence-electron chi connectivity index (χ1n) is 5.73. The fourth-order valence-electron chi connectivity index (χ4n) is 1.94. The van der Waals surface area contributed by atoms with Gasteiger partial charge >= 0.3 is 18.9 Å². The molecule has 0 nitrogen and oxygen atoms in total. The van der Waals surface area contributed by atoms with Gasteiger partial charge in [0.25, 0.3) is 14.1 Å². The Hall–Kier alpha value is 1.13. The van der Waals surface area contributed by atoms with Crippen molar-refractivity contribution in [2.24, 2.45) is 11.8 Å². The third-order valence-corrected chi connectivity index (χ3v) is 8.21. The molecule has 0 spiro atoms. The van der Waals surface area contributed by atoms with Gasteiger partial charge in [-0.05, 0) is 0 Å². The van der Waals surface area contributed by atoms with E-state index >= 15 is 0 Å². The molecule has 82 valence electrons. The quantitative estimate of drug-likeness (QED) is 0.620. The minimum Gasteiger partial charge on any atom is -1.00 e. The summed E-state index contributed by atoms with van der Waals surface area (Å²) in [7, 11) is 0. The Balaban J connectivity index is -0.000000240. The minimum atomic E-state index is -0.538. The molecule has 0 aliphatic heterocycles. The average molecular weight is 208 g/mol. The van der Waals surface area contributed by atoms with E-state index in [4.69, 9.17) is 0 Å². The third-order valence-electron chi connectivity index (χ3n) is 2.74. The third kappa shape index (κ3) is 8.44. The van der Waals surface area contributed by atoms with Crippen LogP contribution in [0.4, 0.5) is 0 Å². The van der Waals surface area contributed by atoms with Crippen LogP contribution in [0.25, 0.3) is 0 Å². The molecule has 0 saturated carbocycles. The van der Waals surface area contributed by atoms with Gasteiger partial charge in [-0.15, -0.1) is 0 Å². The van der Waals surface area contributed by atoms with Crippen LogP contribution in [0.1, 0.15) is 51.3 Å². The first kappa shape index (κ1) is 17.5. The molecule has 0 aliphatic carbocycles. The molecule has 0 N–H and O–H groups in total. The van der Waals surface area contributed by atoms with Crippen molar-refractivity contribution >= 4 is 14.1 Å². The molecule has 0 saturated heterocycles. The Morgan fingerprint density at radius 2 is 1.29 bits per heavy atom. The van der Waals surface area contributed by atoms with E-state index in [1.807, 2.05) is 0 Å². The fraction of sp³-hybridized carbons (Fsp3) is 1.00. The number of rotatable bonds is 4. The Kier molecular flexibility index (Phi) is 9.28. The summed E-state index contributed by atoms with van der Waals surface area (Å²) in [6, 6.07) is 0. The van der Waals surface area contributed by atoms with Crippen molar-refractivity contribution in [2.45, 2.75) is 63.3 Å². The van der Waals surface area contributed by atoms with Gasteiger partial charge < -0.3 is 1.43 Å². The Labute approximate surface area is 111 Å². The summed E-state index contributed by atoms with van der Waals surface area (Å²) >= 11 is -0.538. The summed E-state index contributed by atoms with van der Waals surface area (Å²) in [5.74, 6) is 1.80. The van der Waals surface area contributed by atoms with Crippen molar-refractivity contribution in [3.05, 3.63) is 0 Å². The topological polar surface area (TPSA) is 0 Å². The van der Waals surface area contributed by atoms with E-state index < -0.39 is 14.1 Å². The maximum Gasteiger partial charge on any atom is 1.00 e. The molecule has 0 amide bonds. The van der Waals surface area contributed by atoms with E-state index in [0.717, 1.165) is 11.8 Å². The van der Waals surface area contributed by atoms with Gasteiger partial charge in [0.2, 0.25) is 0 Å². The van der Waals surface area contributed by atoms with Gasteiger partial charge in [-0.1, -0.05) is 75.1 Å². The molecule has 0 radical (unpaired) electrons. The normalized spacial score (nSPS) is 11.8. The second kappa shape index (κ2) is 7.41. The molecule has 2 heteroatoms. The summed E-state index contributed by atoms with van der Waals surface area (Å²) in [5.41, 5.74) is 0. The average Bonchev–Trinajstić information content (AvgIpc) is 1.81. The van der Waals surface area contributed by atoms with Crippen LogP contribution in [0, 0.1) is 11.8 Å². The van der Waals surface area contributed by atoms with Gasteiger partial charge in [0.15, 0.2) is 0 Å². The number of hydrogen-bond donors (Lipinski definition) is 0.